The van der Waals surface area contributed by atoms with Crippen LogP contribution in [0.15, 0.2) is 163 Å². The summed E-state index contributed by atoms with van der Waals surface area (Å²) in [6.45, 7) is 20.6. The van der Waals surface area contributed by atoms with Crippen LogP contribution in [0.3, 0.4) is 0 Å². The third-order valence-corrected chi connectivity index (χ3v) is 24.9. The molecule has 138 heavy (non-hydrogen) atoms. The first kappa shape index (κ1) is 105. The highest BCUT2D eigenvalue weighted by molar-refractivity contribution is 9.10. The average molecular weight is 2190 g/mol. The number of halogens is 17. The van der Waals surface area contributed by atoms with Gasteiger partial charge in [0.2, 0.25) is 0 Å². The number of rotatable bonds is 20. The van der Waals surface area contributed by atoms with E-state index >= 15 is 13.2 Å². The second kappa shape index (κ2) is 40.8. The summed E-state index contributed by atoms with van der Waals surface area (Å²) < 4.78 is 96.7. The zero-order valence-corrected chi connectivity index (χ0v) is 85.9. The molecule has 0 unspecified atom stereocenters. The largest absolute Gasteiger partial charge is 0.478 e. The molecule has 2 saturated carbocycles. The van der Waals surface area contributed by atoms with Crippen LogP contribution in [0, 0.1) is 0 Å². The van der Waals surface area contributed by atoms with Gasteiger partial charge in [0.05, 0.1) is 56.7 Å². The summed E-state index contributed by atoms with van der Waals surface area (Å²) in [7, 11) is 0. The molecule has 2 aliphatic carbocycles. The van der Waals surface area contributed by atoms with Crippen molar-refractivity contribution in [2.45, 2.75) is 168 Å². The van der Waals surface area contributed by atoms with Crippen molar-refractivity contribution in [2.24, 2.45) is 0 Å². The number of fused-ring (bicyclic) bond motifs is 3. The smallest absolute Gasteiger partial charge is 0.341 e. The summed E-state index contributed by atoms with van der Waals surface area (Å²) in [5.74, 6) is -5.97. The maximum atomic E-state index is 15.4. The van der Waals surface area contributed by atoms with Crippen LogP contribution in [0.5, 0.6) is 0 Å². The van der Waals surface area contributed by atoms with Gasteiger partial charge in [0, 0.05) is 99.8 Å². The number of carboxylic acid groups (broad SMARTS) is 2. The number of carboxylic acids is 2. The van der Waals surface area contributed by atoms with E-state index in [1.807, 2.05) is 6.07 Å². The lowest BCUT2D eigenvalue weighted by molar-refractivity contribution is -0.149. The highest BCUT2D eigenvalue weighted by Gasteiger charge is 2.44. The van der Waals surface area contributed by atoms with Crippen molar-refractivity contribution in [1.29, 1.82) is 0 Å². The van der Waals surface area contributed by atoms with Crippen LogP contribution in [-0.4, -0.2) is 97.3 Å². The standard InChI is InChI=1S/C31H28Cl3FN2O4.C28H23BrCl3FN2O4.C27H20Cl3FN2O4.C13H9Cl3FNO3/c1-30(2,3)40-23(38)12-11-17-7-6-8-22-24(17)19(16-9-10-16)15-37(22)29(39)26-27(36-41-28(26)31(4,5)35)25-20(33)13-18(32)14-21(25)34;1-27(2,3)38-20(36)10-9-14-7-6-8-19-21(14)16(29)13-35(19)26(37)23-24(34-39-25(23)28(4,5)33)22-17(31)11-15(30)12-18(22)32;1-27(2,31)25-23(24(32-37-25)22-17(29)10-15(28)11-18(22)30)26(36)33-12-16(13-6-7-13)21-14(8-9-20(34)35)4-3-5-19(21)33;1-13(2,17)11-9(12(19)20)10(18-21-11)8-6(15)3-5(14)4-7(8)16/h6-8,11-16H,9-10H2,1-5H3;6-13H,1-5H3;3-5,8-13H,6-7H2,1-2H3,(H,34,35);3-4H,1-2H3,(H,19,20)/b12-11+;10-9+;9-8+;. The van der Waals surface area contributed by atoms with Crippen molar-refractivity contribution in [1.82, 2.24) is 34.3 Å². The van der Waals surface area contributed by atoms with Gasteiger partial charge in [-0.25, -0.2) is 36.7 Å². The fourth-order valence-corrected chi connectivity index (χ4v) is 19.8. The summed E-state index contributed by atoms with van der Waals surface area (Å²) >= 11 is 78.3. The van der Waals surface area contributed by atoms with E-state index in [0.29, 0.717) is 42.6 Å². The minimum atomic E-state index is -2.07. The highest BCUT2D eigenvalue weighted by Crippen LogP contribution is 2.52. The average Bonchev–Trinajstić information content (AvgIpc) is 1.58. The zero-order chi connectivity index (χ0) is 101. The molecule has 7 aromatic heterocycles. The molecule has 720 valence electrons. The van der Waals surface area contributed by atoms with Gasteiger partial charge < -0.3 is 37.8 Å². The van der Waals surface area contributed by atoms with Crippen molar-refractivity contribution in [3.8, 4) is 45.0 Å². The van der Waals surface area contributed by atoms with E-state index < -0.39 is 86.8 Å². The van der Waals surface area contributed by atoms with Crippen molar-refractivity contribution >= 4 is 248 Å². The lowest BCUT2D eigenvalue weighted by Crippen LogP contribution is -2.22. The molecule has 0 saturated heterocycles. The van der Waals surface area contributed by atoms with Gasteiger partial charge in [-0.3, -0.25) is 28.1 Å². The number of hydrogen-bond donors (Lipinski definition) is 2. The number of carbonyl (C=O) groups is 7. The molecule has 0 bridgehead atoms. The first-order valence-electron chi connectivity index (χ1n) is 41.9. The van der Waals surface area contributed by atoms with Gasteiger partial charge in [-0.05, 0) is 263 Å². The Morgan fingerprint density at radius 3 is 0.877 bits per heavy atom. The van der Waals surface area contributed by atoms with Crippen molar-refractivity contribution < 1.29 is 88.9 Å². The van der Waals surface area contributed by atoms with Gasteiger partial charge in [-0.1, -0.05) is 196 Å². The van der Waals surface area contributed by atoms with Crippen molar-refractivity contribution in [3.05, 3.63) is 278 Å². The Bertz CT molecular complexity index is 7290. The Balaban J connectivity index is 0.000000159. The molecular weight excluding hydrogens is 2110 g/mol. The Morgan fingerprint density at radius 2 is 0.623 bits per heavy atom. The Hall–Kier alpha value is -10.2. The normalized spacial score (nSPS) is 13.3. The minimum Gasteiger partial charge on any atom is -0.478 e. The molecule has 0 atom stereocenters. The molecule has 0 spiro atoms. The number of nitrogens with zero attached hydrogens (tertiary/aromatic N) is 7. The fraction of sp³-hybridized carbons (Fsp3) is 0.263. The topological polar surface area (TPSA) is 297 Å². The van der Waals surface area contributed by atoms with Gasteiger partial charge in [-0.15, -0.1) is 0 Å². The van der Waals surface area contributed by atoms with Gasteiger partial charge in [0.1, 0.15) is 56.2 Å². The second-order valence-corrected chi connectivity index (χ2v) is 41.8. The minimum absolute atomic E-state index is 0.00542. The van der Waals surface area contributed by atoms with Crippen LogP contribution in [-0.2, 0) is 46.5 Å². The molecule has 7 heterocycles. The Kier molecular flexibility index (Phi) is 31.1. The number of aromatic nitrogens is 7. The Labute approximate surface area is 854 Å². The van der Waals surface area contributed by atoms with Gasteiger partial charge >= 0.3 is 23.9 Å². The quantitative estimate of drug-likeness (QED) is 0.0407. The van der Waals surface area contributed by atoms with Gasteiger partial charge in [-0.2, -0.15) is 0 Å². The number of carbonyl (C=O) groups excluding carboxylic acids is 5. The molecule has 7 aromatic carbocycles. The second-order valence-electron chi connectivity index (χ2n) is 36.0. The maximum absolute atomic E-state index is 15.4. The van der Waals surface area contributed by atoms with E-state index in [1.165, 1.54) is 122 Å². The molecule has 0 radical (unpaired) electrons. The summed E-state index contributed by atoms with van der Waals surface area (Å²) in [4.78, 5) is 89.9. The maximum Gasteiger partial charge on any atom is 0.341 e. The van der Waals surface area contributed by atoms with E-state index in [-0.39, 0.29) is 146 Å². The van der Waals surface area contributed by atoms with Crippen molar-refractivity contribution in [2.75, 3.05) is 0 Å². The fourth-order valence-electron chi connectivity index (χ4n) is 15.1. The van der Waals surface area contributed by atoms with E-state index in [0.717, 1.165) is 73.1 Å². The third kappa shape index (κ3) is 23.2. The molecule has 2 fully saturated rings. The van der Waals surface area contributed by atoms with Crippen LogP contribution < -0.4 is 0 Å². The number of esters is 2. The van der Waals surface area contributed by atoms with Crippen LogP contribution in [0.4, 0.5) is 17.6 Å². The number of aromatic carboxylic acids is 1. The number of alkyl halides is 4. The summed E-state index contributed by atoms with van der Waals surface area (Å²) in [5, 5.41) is 38.4. The summed E-state index contributed by atoms with van der Waals surface area (Å²) in [5.41, 5.74) is -4.15. The van der Waals surface area contributed by atoms with Gasteiger partial charge in [0.15, 0.2) is 45.7 Å². The first-order chi connectivity index (χ1) is 64.3. The molecule has 0 amide bonds. The first-order valence-corrected chi connectivity index (χ1v) is 47.2. The Morgan fingerprint density at radius 1 is 0.377 bits per heavy atom. The summed E-state index contributed by atoms with van der Waals surface area (Å²) in [6.07, 6.45) is 17.4. The van der Waals surface area contributed by atoms with E-state index in [4.69, 9.17) is 172 Å². The lowest BCUT2D eigenvalue weighted by Gasteiger charge is -2.17. The molecule has 2 aliphatic rings. The highest BCUT2D eigenvalue weighted by atomic mass is 79.9. The molecule has 16 rings (SSSR count). The van der Waals surface area contributed by atoms with E-state index in [1.54, 1.807) is 121 Å². The van der Waals surface area contributed by atoms with Crippen LogP contribution in [0.2, 0.25) is 60.3 Å². The molecule has 22 nitrogen and oxygen atoms in total. The van der Waals surface area contributed by atoms with Crippen LogP contribution in [0.25, 0.3) is 96.0 Å². The van der Waals surface area contributed by atoms with Crippen molar-refractivity contribution in [3.63, 3.8) is 0 Å². The number of aliphatic carboxylic acids is 1. The van der Waals surface area contributed by atoms with Gasteiger partial charge in [0.25, 0.3) is 17.7 Å². The number of ether oxygens (including phenoxy) is 2. The SMILES string of the molecule is CC(C)(C)OC(=O)/C=C/c1cccc2c1c(Br)cn2C(=O)c1c(-c2c(Cl)cc(Cl)cc2Cl)noc1C(C)(C)F.CC(C)(C)OC(=O)/C=C/c1cccc2c1c(C1CC1)cn2C(=O)c1c(-c2c(Cl)cc(Cl)cc2Cl)noc1C(C)(C)F.CC(C)(F)c1onc(-c2c(Cl)cc(Cl)cc2Cl)c1C(=O)O.CC(C)(F)c1onc(-c2c(Cl)cc(Cl)cc2Cl)c1C(=O)n1cc(C2CC2)c2c(/C=C/C(=O)O)cccc21. The third-order valence-electron chi connectivity index (χ3n) is 21.1. The number of hydrogen-bond acceptors (Lipinski definition) is 17. The molecule has 39 heteroatoms. The summed E-state index contributed by atoms with van der Waals surface area (Å²) in [6, 6.07) is 27.5. The lowest BCUT2D eigenvalue weighted by atomic mass is 9.98. The molecule has 0 aliphatic heterocycles. The zero-order valence-electron chi connectivity index (χ0n) is 75.3. The molecular formula is C99H80BrCl12F4N7O15. The molecule has 2 N–H and O–H groups in total. The predicted octanol–water partition coefficient (Wildman–Crippen LogP) is 32.0. The molecule has 14 aromatic rings. The van der Waals surface area contributed by atoms with Crippen LogP contribution >= 0.6 is 155 Å². The van der Waals surface area contributed by atoms with E-state index in [9.17, 15) is 43.1 Å². The van der Waals surface area contributed by atoms with E-state index in [2.05, 4.69) is 36.6 Å². The monoisotopic (exact) mass is 2180 g/mol. The van der Waals surface area contributed by atoms with Crippen LogP contribution in [0.1, 0.15) is 227 Å². The predicted molar refractivity (Wildman–Crippen MR) is 534 cm³/mol. The number of benzene rings is 7.